The molecule has 2 aromatic rings. The summed E-state index contributed by atoms with van der Waals surface area (Å²) >= 11 is 6.34. The molecule has 5 heteroatoms. The van der Waals surface area contributed by atoms with Gasteiger partial charge in [0, 0.05) is 17.4 Å². The van der Waals surface area contributed by atoms with E-state index >= 15 is 0 Å². The zero-order valence-corrected chi connectivity index (χ0v) is 15.8. The van der Waals surface area contributed by atoms with Crippen LogP contribution in [0, 0.1) is 25.2 Å². The summed E-state index contributed by atoms with van der Waals surface area (Å²) in [5.41, 5.74) is 3.81. The maximum atomic E-state index is 12.4. The number of carbonyl (C=O) groups excluding carboxylic acids is 1. The number of nitrogens with zero attached hydrogens (tertiary/aromatic N) is 2. The Hall–Kier alpha value is -2.51. The van der Waals surface area contributed by atoms with Gasteiger partial charge in [0.2, 0.25) is 0 Å². The maximum Gasteiger partial charge on any atom is 0.262 e. The number of amides is 1. The molecule has 1 saturated carbocycles. The second-order valence-electron chi connectivity index (χ2n) is 6.74. The molecule has 0 unspecified atom stereocenters. The Bertz CT molecular complexity index is 898. The van der Waals surface area contributed by atoms with E-state index in [1.807, 2.05) is 54.8 Å². The van der Waals surface area contributed by atoms with Crippen LogP contribution in [0.5, 0.6) is 0 Å². The molecule has 134 valence electrons. The highest BCUT2D eigenvalue weighted by molar-refractivity contribution is 6.32. The predicted molar refractivity (Wildman–Crippen MR) is 104 cm³/mol. The highest BCUT2D eigenvalue weighted by Crippen LogP contribution is 2.27. The van der Waals surface area contributed by atoms with Crippen LogP contribution < -0.4 is 5.32 Å². The van der Waals surface area contributed by atoms with E-state index in [0.717, 1.165) is 48.3 Å². The molecule has 1 aromatic carbocycles. The van der Waals surface area contributed by atoms with Gasteiger partial charge in [0.25, 0.3) is 5.91 Å². The molecule has 1 aliphatic carbocycles. The van der Waals surface area contributed by atoms with Crippen LogP contribution in [-0.2, 0) is 4.79 Å². The second kappa shape index (κ2) is 7.80. The summed E-state index contributed by atoms with van der Waals surface area (Å²) in [4.78, 5) is 12.4. The number of hydrogen-bond donors (Lipinski definition) is 1. The first-order valence-corrected chi connectivity index (χ1v) is 9.25. The first-order valence-electron chi connectivity index (χ1n) is 8.87. The van der Waals surface area contributed by atoms with Crippen molar-refractivity contribution in [3.8, 4) is 11.8 Å². The lowest BCUT2D eigenvalue weighted by Crippen LogP contribution is -2.33. The molecule has 3 rings (SSSR count). The molecule has 1 aliphatic rings. The minimum absolute atomic E-state index is 0.135. The largest absolute Gasteiger partial charge is 0.349 e. The van der Waals surface area contributed by atoms with Crippen LogP contribution in [0.25, 0.3) is 11.8 Å². The molecule has 1 heterocycles. The standard InChI is InChI=1S/C21H22ClN3O/c1-14-11-16(15(2)25(14)20-10-6-5-9-19(20)22)12-17(13-23)21(26)24-18-7-3-4-8-18/h5-6,9-12,18H,3-4,7-8H2,1-2H3,(H,24,26)/b17-12-. The third-order valence-electron chi connectivity index (χ3n) is 4.92. The van der Waals surface area contributed by atoms with Gasteiger partial charge in [0.15, 0.2) is 0 Å². The fourth-order valence-corrected chi connectivity index (χ4v) is 3.80. The van der Waals surface area contributed by atoms with Gasteiger partial charge >= 0.3 is 0 Å². The van der Waals surface area contributed by atoms with Crippen molar-refractivity contribution >= 4 is 23.6 Å². The molecular weight excluding hydrogens is 346 g/mol. The molecule has 0 atom stereocenters. The Morgan fingerprint density at radius 2 is 2.00 bits per heavy atom. The number of aryl methyl sites for hydroxylation is 1. The first-order chi connectivity index (χ1) is 12.5. The van der Waals surface area contributed by atoms with Crippen molar-refractivity contribution in [3.63, 3.8) is 0 Å². The van der Waals surface area contributed by atoms with Crippen LogP contribution in [0.2, 0.25) is 5.02 Å². The number of rotatable bonds is 4. The van der Waals surface area contributed by atoms with Crippen LogP contribution >= 0.6 is 11.6 Å². The number of nitrogens with one attached hydrogen (secondary N) is 1. The molecule has 1 N–H and O–H groups in total. The summed E-state index contributed by atoms with van der Waals surface area (Å²) in [7, 11) is 0. The second-order valence-corrected chi connectivity index (χ2v) is 7.15. The van der Waals surface area contributed by atoms with Gasteiger partial charge in [-0.25, -0.2) is 0 Å². The lowest BCUT2D eigenvalue weighted by atomic mass is 10.1. The van der Waals surface area contributed by atoms with Crippen molar-refractivity contribution in [1.82, 2.24) is 9.88 Å². The fourth-order valence-electron chi connectivity index (χ4n) is 3.57. The SMILES string of the molecule is Cc1cc(/C=C(/C#N)C(=O)NC2CCCC2)c(C)n1-c1ccccc1Cl. The Labute approximate surface area is 159 Å². The molecule has 0 aliphatic heterocycles. The van der Waals surface area contributed by atoms with E-state index in [1.165, 1.54) is 0 Å². The van der Waals surface area contributed by atoms with Crippen molar-refractivity contribution in [2.45, 2.75) is 45.6 Å². The molecule has 1 fully saturated rings. The minimum Gasteiger partial charge on any atom is -0.349 e. The van der Waals surface area contributed by atoms with E-state index < -0.39 is 0 Å². The Morgan fingerprint density at radius 3 is 2.65 bits per heavy atom. The van der Waals surface area contributed by atoms with Crippen LogP contribution in [0.3, 0.4) is 0 Å². The number of nitriles is 1. The minimum atomic E-state index is -0.290. The molecule has 1 aromatic heterocycles. The number of aromatic nitrogens is 1. The zero-order chi connectivity index (χ0) is 18.7. The first kappa shape index (κ1) is 18.3. The van der Waals surface area contributed by atoms with Crippen molar-refractivity contribution in [3.05, 3.63) is 57.9 Å². The number of carbonyl (C=O) groups is 1. The summed E-state index contributed by atoms with van der Waals surface area (Å²) < 4.78 is 2.04. The van der Waals surface area contributed by atoms with Crippen LogP contribution in [0.15, 0.2) is 35.9 Å². The van der Waals surface area contributed by atoms with Gasteiger partial charge in [0.05, 0.1) is 10.7 Å². The highest BCUT2D eigenvalue weighted by Gasteiger charge is 2.20. The quantitative estimate of drug-likeness (QED) is 0.628. The predicted octanol–water partition coefficient (Wildman–Crippen LogP) is 4.71. The smallest absolute Gasteiger partial charge is 0.262 e. The van der Waals surface area contributed by atoms with E-state index in [1.54, 1.807) is 6.08 Å². The van der Waals surface area contributed by atoms with Crippen molar-refractivity contribution in [2.75, 3.05) is 0 Å². The summed E-state index contributed by atoms with van der Waals surface area (Å²) in [6.07, 6.45) is 5.92. The molecular formula is C21H22ClN3O. The van der Waals surface area contributed by atoms with Crippen LogP contribution in [-0.4, -0.2) is 16.5 Å². The van der Waals surface area contributed by atoms with Gasteiger partial charge in [-0.3, -0.25) is 4.79 Å². The monoisotopic (exact) mass is 367 g/mol. The molecule has 0 saturated heterocycles. The Morgan fingerprint density at radius 1 is 1.31 bits per heavy atom. The normalized spacial score (nSPS) is 15.1. The third kappa shape index (κ3) is 3.68. The topological polar surface area (TPSA) is 57.8 Å². The number of halogens is 1. The van der Waals surface area contributed by atoms with Crippen LogP contribution in [0.4, 0.5) is 0 Å². The van der Waals surface area contributed by atoms with Gasteiger partial charge in [-0.05, 0) is 56.5 Å². The van der Waals surface area contributed by atoms with Gasteiger partial charge in [-0.1, -0.05) is 36.6 Å². The number of para-hydroxylation sites is 1. The molecule has 0 spiro atoms. The lowest BCUT2D eigenvalue weighted by molar-refractivity contribution is -0.117. The summed E-state index contributed by atoms with van der Waals surface area (Å²) in [6, 6.07) is 11.8. The van der Waals surface area contributed by atoms with E-state index in [4.69, 9.17) is 11.6 Å². The van der Waals surface area contributed by atoms with E-state index in [2.05, 4.69) is 5.32 Å². The highest BCUT2D eigenvalue weighted by atomic mass is 35.5. The van der Waals surface area contributed by atoms with Gasteiger partial charge in [-0.2, -0.15) is 5.26 Å². The number of benzene rings is 1. The van der Waals surface area contributed by atoms with Crippen LogP contribution in [0.1, 0.15) is 42.6 Å². The van der Waals surface area contributed by atoms with Gasteiger partial charge in [-0.15, -0.1) is 0 Å². The Kier molecular flexibility index (Phi) is 5.49. The molecule has 0 radical (unpaired) electrons. The van der Waals surface area contributed by atoms with Gasteiger partial charge in [0.1, 0.15) is 11.6 Å². The fraction of sp³-hybridized carbons (Fsp3) is 0.333. The summed E-state index contributed by atoms with van der Waals surface area (Å²) in [6.45, 7) is 3.95. The third-order valence-corrected chi connectivity index (χ3v) is 5.24. The number of hydrogen-bond acceptors (Lipinski definition) is 2. The molecule has 4 nitrogen and oxygen atoms in total. The molecule has 1 amide bonds. The average Bonchev–Trinajstić information content (AvgIpc) is 3.22. The van der Waals surface area contributed by atoms with Crippen molar-refractivity contribution < 1.29 is 4.79 Å². The molecule has 0 bridgehead atoms. The summed E-state index contributed by atoms with van der Waals surface area (Å²) in [5.74, 6) is -0.290. The zero-order valence-electron chi connectivity index (χ0n) is 15.1. The average molecular weight is 368 g/mol. The van der Waals surface area contributed by atoms with Crippen molar-refractivity contribution in [1.29, 1.82) is 5.26 Å². The van der Waals surface area contributed by atoms with E-state index in [-0.39, 0.29) is 17.5 Å². The lowest BCUT2D eigenvalue weighted by Gasteiger charge is -2.12. The van der Waals surface area contributed by atoms with E-state index in [0.29, 0.717) is 5.02 Å². The van der Waals surface area contributed by atoms with E-state index in [9.17, 15) is 10.1 Å². The van der Waals surface area contributed by atoms with Crippen molar-refractivity contribution in [2.24, 2.45) is 0 Å². The maximum absolute atomic E-state index is 12.4. The van der Waals surface area contributed by atoms with Gasteiger partial charge < -0.3 is 9.88 Å². The summed E-state index contributed by atoms with van der Waals surface area (Å²) in [5, 5.41) is 13.1. The Balaban J connectivity index is 1.92. The molecule has 26 heavy (non-hydrogen) atoms.